The van der Waals surface area contributed by atoms with Crippen LogP contribution in [0, 0.1) is 5.82 Å². The number of halogens is 1. The Bertz CT molecular complexity index is 1180. The molecule has 0 aliphatic carbocycles. The largest absolute Gasteiger partial charge is 0.507 e. The molecule has 8 heteroatoms. The summed E-state index contributed by atoms with van der Waals surface area (Å²) in [7, 11) is 0. The van der Waals surface area contributed by atoms with Crippen LogP contribution in [-0.2, 0) is 16.1 Å². The topological polar surface area (TPSA) is 100 Å². The van der Waals surface area contributed by atoms with Crippen molar-refractivity contribution < 1.29 is 33.3 Å². The zero-order chi connectivity index (χ0) is 22.8. The van der Waals surface area contributed by atoms with Gasteiger partial charge >= 0.3 is 0 Å². The first-order valence-corrected chi connectivity index (χ1v) is 9.93. The molecule has 1 amide bonds. The molecule has 0 bridgehead atoms. The molecule has 7 nitrogen and oxygen atoms in total. The average molecular weight is 437 g/mol. The smallest absolute Gasteiger partial charge is 0.296 e. The number of rotatable bonds is 6. The molecule has 32 heavy (non-hydrogen) atoms. The second kappa shape index (κ2) is 8.58. The number of carbonyl (C=O) groups is 2. The van der Waals surface area contributed by atoms with E-state index in [1.54, 1.807) is 25.1 Å². The van der Waals surface area contributed by atoms with Crippen molar-refractivity contribution in [1.82, 2.24) is 4.90 Å². The van der Waals surface area contributed by atoms with Crippen LogP contribution >= 0.6 is 0 Å². The van der Waals surface area contributed by atoms with Gasteiger partial charge in [0.1, 0.15) is 17.3 Å². The summed E-state index contributed by atoms with van der Waals surface area (Å²) in [6.45, 7) is 2.02. The van der Waals surface area contributed by atoms with Gasteiger partial charge in [-0.25, -0.2) is 4.39 Å². The van der Waals surface area contributed by atoms with Gasteiger partial charge in [0, 0.05) is 5.56 Å². The number of benzene rings is 2. The monoisotopic (exact) mass is 437 g/mol. The number of Topliss-reactive ketones (excluding diaryl/α,β-unsaturated/α-hetero) is 1. The number of ketones is 1. The summed E-state index contributed by atoms with van der Waals surface area (Å²) in [6, 6.07) is 11.7. The Kier molecular flexibility index (Phi) is 5.68. The molecule has 1 aliphatic rings. The molecule has 1 aromatic heterocycles. The quantitative estimate of drug-likeness (QED) is 0.342. The van der Waals surface area contributed by atoms with Crippen LogP contribution < -0.4 is 4.74 Å². The van der Waals surface area contributed by atoms with E-state index in [9.17, 15) is 24.2 Å². The normalized spacial score (nSPS) is 17.7. The summed E-state index contributed by atoms with van der Waals surface area (Å²) in [5, 5.41) is 21.0. The van der Waals surface area contributed by atoms with Crippen molar-refractivity contribution >= 4 is 17.4 Å². The highest BCUT2D eigenvalue weighted by Gasteiger charge is 2.46. The summed E-state index contributed by atoms with van der Waals surface area (Å²) in [5.41, 5.74) is 0.484. The van der Waals surface area contributed by atoms with Crippen molar-refractivity contribution in [3.63, 3.8) is 0 Å². The highest BCUT2D eigenvalue weighted by atomic mass is 19.1. The molecule has 1 fully saturated rings. The van der Waals surface area contributed by atoms with Gasteiger partial charge in [0.25, 0.3) is 11.7 Å². The molecule has 2 N–H and O–H groups in total. The van der Waals surface area contributed by atoms with E-state index >= 15 is 0 Å². The van der Waals surface area contributed by atoms with E-state index in [4.69, 9.17) is 9.15 Å². The average Bonchev–Trinajstić information content (AvgIpc) is 3.38. The van der Waals surface area contributed by atoms with E-state index in [0.717, 1.165) is 12.1 Å². The van der Waals surface area contributed by atoms with Gasteiger partial charge in [0.15, 0.2) is 11.5 Å². The van der Waals surface area contributed by atoms with Crippen molar-refractivity contribution in [2.75, 3.05) is 6.61 Å². The third-order valence-corrected chi connectivity index (χ3v) is 5.16. The number of hydrogen-bond donors (Lipinski definition) is 2. The van der Waals surface area contributed by atoms with Gasteiger partial charge in [-0.15, -0.1) is 0 Å². The summed E-state index contributed by atoms with van der Waals surface area (Å²) in [5.74, 6) is -2.11. The number of furan rings is 1. The lowest BCUT2D eigenvalue weighted by Crippen LogP contribution is -2.29. The van der Waals surface area contributed by atoms with E-state index in [0.29, 0.717) is 17.9 Å². The maximum Gasteiger partial charge on any atom is 0.296 e. The lowest BCUT2D eigenvalue weighted by Gasteiger charge is -2.25. The van der Waals surface area contributed by atoms with Crippen molar-refractivity contribution in [3.05, 3.63) is 89.1 Å². The minimum atomic E-state index is -0.982. The fourth-order valence-corrected chi connectivity index (χ4v) is 3.70. The number of aromatic hydroxyl groups is 1. The predicted octanol–water partition coefficient (Wildman–Crippen LogP) is 4.14. The zero-order valence-corrected chi connectivity index (χ0v) is 17.1. The lowest BCUT2D eigenvalue weighted by molar-refractivity contribution is -0.140. The van der Waals surface area contributed by atoms with Crippen LogP contribution in [-0.4, -0.2) is 33.4 Å². The third-order valence-electron chi connectivity index (χ3n) is 5.16. The molecule has 0 saturated carbocycles. The molecule has 0 radical (unpaired) electrons. The van der Waals surface area contributed by atoms with Crippen LogP contribution in [0.15, 0.2) is 70.9 Å². The molecular weight excluding hydrogens is 417 g/mol. The number of carbonyl (C=O) groups excluding carboxylic acids is 2. The number of aliphatic hydroxyl groups is 1. The molecule has 1 aliphatic heterocycles. The van der Waals surface area contributed by atoms with Crippen LogP contribution in [0.4, 0.5) is 4.39 Å². The number of ether oxygens (including phenoxy) is 1. The van der Waals surface area contributed by atoms with Crippen LogP contribution in [0.2, 0.25) is 0 Å². The minimum absolute atomic E-state index is 0.0206. The summed E-state index contributed by atoms with van der Waals surface area (Å²) < 4.78 is 24.2. The molecule has 2 aromatic carbocycles. The Labute approximate surface area is 183 Å². The highest BCUT2D eigenvalue weighted by molar-refractivity contribution is 6.46. The maximum absolute atomic E-state index is 13.4. The standard InChI is InChI=1S/C24H20FNO6/c1-2-31-19-12-15(7-10-18(19)27)21-20(22(28)14-5-8-16(25)9-6-14)23(29)24(30)26(21)13-17-4-3-11-32-17/h3-12,21,27-28H,2,13H2,1H3/b22-20+. The summed E-state index contributed by atoms with van der Waals surface area (Å²) in [6.07, 6.45) is 1.45. The van der Waals surface area contributed by atoms with Crippen molar-refractivity contribution in [2.24, 2.45) is 0 Å². The first-order valence-electron chi connectivity index (χ1n) is 9.93. The van der Waals surface area contributed by atoms with E-state index in [2.05, 4.69) is 0 Å². The predicted molar refractivity (Wildman–Crippen MR) is 112 cm³/mol. The van der Waals surface area contributed by atoms with Gasteiger partial charge in [0.05, 0.1) is 31.0 Å². The Morgan fingerprint density at radius 3 is 2.56 bits per heavy atom. The number of hydrogen-bond acceptors (Lipinski definition) is 6. The Balaban J connectivity index is 1.88. The number of phenolic OH excluding ortho intramolecular Hbond substituents is 1. The third kappa shape index (κ3) is 3.82. The van der Waals surface area contributed by atoms with Crippen molar-refractivity contribution in [2.45, 2.75) is 19.5 Å². The molecule has 1 saturated heterocycles. The molecule has 164 valence electrons. The van der Waals surface area contributed by atoms with E-state index in [-0.39, 0.29) is 29.2 Å². The van der Waals surface area contributed by atoms with Gasteiger partial charge in [-0.2, -0.15) is 0 Å². The fourth-order valence-electron chi connectivity index (χ4n) is 3.70. The van der Waals surface area contributed by atoms with Crippen LogP contribution in [0.25, 0.3) is 5.76 Å². The molecule has 1 unspecified atom stereocenters. The van der Waals surface area contributed by atoms with Crippen molar-refractivity contribution in [1.29, 1.82) is 0 Å². The molecule has 1 atom stereocenters. The van der Waals surface area contributed by atoms with E-state index in [1.165, 1.54) is 35.4 Å². The van der Waals surface area contributed by atoms with E-state index < -0.39 is 29.3 Å². The Morgan fingerprint density at radius 2 is 1.91 bits per heavy atom. The van der Waals surface area contributed by atoms with Gasteiger partial charge in [-0.3, -0.25) is 9.59 Å². The molecule has 0 spiro atoms. The number of nitrogens with zero attached hydrogens (tertiary/aromatic N) is 1. The van der Waals surface area contributed by atoms with Gasteiger partial charge in [-0.1, -0.05) is 6.07 Å². The number of amides is 1. The number of likely N-dealkylation sites (tertiary alicyclic amines) is 1. The van der Waals surface area contributed by atoms with Gasteiger partial charge in [-0.05, 0) is 61.0 Å². The van der Waals surface area contributed by atoms with E-state index in [1.807, 2.05) is 0 Å². The second-order valence-electron chi connectivity index (χ2n) is 7.17. The zero-order valence-electron chi connectivity index (χ0n) is 17.1. The first-order chi connectivity index (χ1) is 15.4. The van der Waals surface area contributed by atoms with Crippen LogP contribution in [0.1, 0.15) is 29.9 Å². The van der Waals surface area contributed by atoms with Crippen molar-refractivity contribution in [3.8, 4) is 11.5 Å². The van der Waals surface area contributed by atoms with Crippen LogP contribution in [0.5, 0.6) is 11.5 Å². The lowest BCUT2D eigenvalue weighted by atomic mass is 9.95. The van der Waals surface area contributed by atoms with Gasteiger partial charge < -0.3 is 24.3 Å². The number of phenols is 1. The molecule has 3 aromatic rings. The maximum atomic E-state index is 13.4. The fraction of sp³-hybridized carbons (Fsp3) is 0.167. The Morgan fingerprint density at radius 1 is 1.16 bits per heavy atom. The minimum Gasteiger partial charge on any atom is -0.507 e. The molecule has 4 rings (SSSR count). The summed E-state index contributed by atoms with van der Waals surface area (Å²) in [4.78, 5) is 27.2. The summed E-state index contributed by atoms with van der Waals surface area (Å²) >= 11 is 0. The molecular formula is C24H20FNO6. The first kappa shape index (κ1) is 21.2. The molecule has 2 heterocycles. The van der Waals surface area contributed by atoms with Crippen LogP contribution in [0.3, 0.4) is 0 Å². The van der Waals surface area contributed by atoms with Gasteiger partial charge in [0.2, 0.25) is 0 Å². The Hall–Kier alpha value is -4.07. The SMILES string of the molecule is CCOc1cc(C2/C(=C(\O)c3ccc(F)cc3)C(=O)C(=O)N2Cc2ccco2)ccc1O. The highest BCUT2D eigenvalue weighted by Crippen LogP contribution is 2.42. The second-order valence-corrected chi connectivity index (χ2v) is 7.17. The number of aliphatic hydroxyl groups excluding tert-OH is 1.